The summed E-state index contributed by atoms with van der Waals surface area (Å²) in [6.07, 6.45) is 1.75. The maximum absolute atomic E-state index is 6.34. The van der Waals surface area contributed by atoms with Gasteiger partial charge < -0.3 is 0 Å². The van der Waals surface area contributed by atoms with Crippen LogP contribution in [0.3, 0.4) is 0 Å². The van der Waals surface area contributed by atoms with Gasteiger partial charge in [0.15, 0.2) is 5.82 Å². The van der Waals surface area contributed by atoms with Crippen molar-refractivity contribution in [3.63, 3.8) is 0 Å². The van der Waals surface area contributed by atoms with Gasteiger partial charge in [0, 0.05) is 11.8 Å². The van der Waals surface area contributed by atoms with Crippen LogP contribution in [0.25, 0.3) is 5.82 Å². The number of pyridine rings is 1. The first-order valence-corrected chi connectivity index (χ1v) is 6.72. The van der Waals surface area contributed by atoms with E-state index in [-0.39, 0.29) is 5.92 Å². The maximum atomic E-state index is 6.34. The van der Waals surface area contributed by atoms with Crippen LogP contribution in [0, 0.1) is 6.92 Å². The summed E-state index contributed by atoms with van der Waals surface area (Å²) in [6, 6.07) is 3.88. The van der Waals surface area contributed by atoms with Crippen LogP contribution in [0.1, 0.15) is 36.6 Å². The molecule has 0 fully saturated rings. The highest BCUT2D eigenvalue weighted by molar-refractivity contribution is 6.31. The fourth-order valence-corrected chi connectivity index (χ4v) is 2.44. The van der Waals surface area contributed by atoms with Gasteiger partial charge in [-0.3, -0.25) is 0 Å². The summed E-state index contributed by atoms with van der Waals surface area (Å²) < 4.78 is 1.65. The molecule has 18 heavy (non-hydrogen) atoms. The number of rotatable bonds is 3. The number of alkyl halides is 1. The van der Waals surface area contributed by atoms with E-state index >= 15 is 0 Å². The van der Waals surface area contributed by atoms with E-state index < -0.39 is 0 Å². The SMILES string of the molecule is Cc1ccnc(-n2nc(C(C)C)c(CCl)c2Cl)c1. The van der Waals surface area contributed by atoms with E-state index in [0.717, 1.165) is 22.6 Å². The molecular weight excluding hydrogens is 269 g/mol. The molecule has 0 aliphatic carbocycles. The van der Waals surface area contributed by atoms with Crippen molar-refractivity contribution in [2.75, 3.05) is 0 Å². The number of halogens is 2. The monoisotopic (exact) mass is 283 g/mol. The van der Waals surface area contributed by atoms with Crippen molar-refractivity contribution in [2.45, 2.75) is 32.6 Å². The minimum absolute atomic E-state index is 0.280. The van der Waals surface area contributed by atoms with Crippen molar-refractivity contribution in [1.29, 1.82) is 0 Å². The molecule has 0 bridgehead atoms. The van der Waals surface area contributed by atoms with Crippen molar-refractivity contribution in [2.24, 2.45) is 0 Å². The number of hydrogen-bond acceptors (Lipinski definition) is 2. The maximum Gasteiger partial charge on any atom is 0.155 e. The lowest BCUT2D eigenvalue weighted by molar-refractivity contribution is 0.755. The fraction of sp³-hybridized carbons (Fsp3) is 0.385. The second kappa shape index (κ2) is 5.29. The average molecular weight is 284 g/mol. The highest BCUT2D eigenvalue weighted by Gasteiger charge is 2.19. The zero-order valence-electron chi connectivity index (χ0n) is 10.6. The molecule has 0 amide bonds. The lowest BCUT2D eigenvalue weighted by atomic mass is 10.1. The van der Waals surface area contributed by atoms with Crippen molar-refractivity contribution in [3.8, 4) is 5.82 Å². The molecule has 0 radical (unpaired) electrons. The van der Waals surface area contributed by atoms with E-state index in [1.807, 2.05) is 19.1 Å². The molecule has 2 aromatic rings. The zero-order chi connectivity index (χ0) is 13.3. The Balaban J connectivity index is 2.59. The summed E-state index contributed by atoms with van der Waals surface area (Å²) in [7, 11) is 0. The highest BCUT2D eigenvalue weighted by atomic mass is 35.5. The summed E-state index contributed by atoms with van der Waals surface area (Å²) in [5.74, 6) is 1.36. The smallest absolute Gasteiger partial charge is 0.155 e. The third kappa shape index (κ3) is 2.38. The van der Waals surface area contributed by atoms with Crippen molar-refractivity contribution in [1.82, 2.24) is 14.8 Å². The third-order valence-electron chi connectivity index (χ3n) is 2.75. The normalized spacial score (nSPS) is 11.2. The standard InChI is InChI=1S/C13H15Cl2N3/c1-8(2)12-10(7-14)13(15)18(17-12)11-6-9(3)4-5-16-11/h4-6,8H,7H2,1-3H3. The van der Waals surface area contributed by atoms with Gasteiger partial charge in [0.25, 0.3) is 0 Å². The molecule has 0 aliphatic heterocycles. The Morgan fingerprint density at radius 1 is 1.39 bits per heavy atom. The van der Waals surface area contributed by atoms with E-state index in [0.29, 0.717) is 11.0 Å². The Bertz CT molecular complexity index is 561. The van der Waals surface area contributed by atoms with Gasteiger partial charge in [-0.05, 0) is 30.5 Å². The second-order valence-corrected chi connectivity index (χ2v) is 5.17. The Morgan fingerprint density at radius 2 is 2.11 bits per heavy atom. The molecule has 96 valence electrons. The van der Waals surface area contributed by atoms with Crippen LogP contribution in [0.5, 0.6) is 0 Å². The topological polar surface area (TPSA) is 30.7 Å². The van der Waals surface area contributed by atoms with Crippen LogP contribution in [-0.2, 0) is 5.88 Å². The first-order valence-electron chi connectivity index (χ1n) is 5.81. The summed E-state index contributed by atoms with van der Waals surface area (Å²) in [5, 5.41) is 5.08. The zero-order valence-corrected chi connectivity index (χ0v) is 12.1. The number of aryl methyl sites for hydroxylation is 1. The molecule has 0 saturated carbocycles. The summed E-state index contributed by atoms with van der Waals surface area (Å²) >= 11 is 12.3. The van der Waals surface area contributed by atoms with E-state index in [1.54, 1.807) is 10.9 Å². The van der Waals surface area contributed by atoms with Crippen LogP contribution in [0.15, 0.2) is 18.3 Å². The molecule has 2 rings (SSSR count). The van der Waals surface area contributed by atoms with Crippen LogP contribution in [0.4, 0.5) is 0 Å². The molecule has 0 aliphatic rings. The lowest BCUT2D eigenvalue weighted by Gasteiger charge is -2.02. The van der Waals surface area contributed by atoms with Crippen LogP contribution >= 0.6 is 23.2 Å². The molecule has 0 spiro atoms. The number of aromatic nitrogens is 3. The van der Waals surface area contributed by atoms with Crippen LogP contribution in [0.2, 0.25) is 5.15 Å². The minimum Gasteiger partial charge on any atom is -0.237 e. The first-order chi connectivity index (χ1) is 8.54. The van der Waals surface area contributed by atoms with E-state index in [1.165, 1.54) is 0 Å². The van der Waals surface area contributed by atoms with Gasteiger partial charge >= 0.3 is 0 Å². The summed E-state index contributed by atoms with van der Waals surface area (Å²) in [5.41, 5.74) is 2.93. The molecule has 0 N–H and O–H groups in total. The van der Waals surface area contributed by atoms with Gasteiger partial charge in [0.1, 0.15) is 5.15 Å². The van der Waals surface area contributed by atoms with E-state index in [4.69, 9.17) is 23.2 Å². The van der Waals surface area contributed by atoms with Gasteiger partial charge in [0.2, 0.25) is 0 Å². The highest BCUT2D eigenvalue weighted by Crippen LogP contribution is 2.29. The lowest BCUT2D eigenvalue weighted by Crippen LogP contribution is -2.01. The van der Waals surface area contributed by atoms with Gasteiger partial charge in [-0.2, -0.15) is 5.10 Å². The molecule has 5 heteroatoms. The van der Waals surface area contributed by atoms with Crippen molar-refractivity contribution in [3.05, 3.63) is 40.3 Å². The largest absolute Gasteiger partial charge is 0.237 e. The van der Waals surface area contributed by atoms with Crippen molar-refractivity contribution < 1.29 is 0 Å². The Morgan fingerprint density at radius 3 is 2.61 bits per heavy atom. The molecule has 0 atom stereocenters. The second-order valence-electron chi connectivity index (χ2n) is 4.55. The molecule has 0 unspecified atom stereocenters. The average Bonchev–Trinajstić information content (AvgIpc) is 2.66. The Labute approximate surface area is 117 Å². The predicted molar refractivity (Wildman–Crippen MR) is 74.8 cm³/mol. The summed E-state index contributed by atoms with van der Waals surface area (Å²) in [6.45, 7) is 6.15. The van der Waals surface area contributed by atoms with Crippen LogP contribution < -0.4 is 0 Å². The number of nitrogens with zero attached hydrogens (tertiary/aromatic N) is 3. The Hall–Kier alpha value is -1.06. The molecule has 3 nitrogen and oxygen atoms in total. The number of hydrogen-bond donors (Lipinski definition) is 0. The molecule has 0 aromatic carbocycles. The van der Waals surface area contributed by atoms with Gasteiger partial charge in [-0.25, -0.2) is 9.67 Å². The molecule has 0 saturated heterocycles. The predicted octanol–water partition coefficient (Wildman–Crippen LogP) is 4.09. The third-order valence-corrected chi connectivity index (χ3v) is 3.41. The molecular formula is C13H15Cl2N3. The van der Waals surface area contributed by atoms with Gasteiger partial charge in [-0.1, -0.05) is 25.4 Å². The summed E-state index contributed by atoms with van der Waals surface area (Å²) in [4.78, 5) is 4.29. The quantitative estimate of drug-likeness (QED) is 0.795. The Kier molecular flexibility index (Phi) is 3.93. The van der Waals surface area contributed by atoms with Crippen LogP contribution in [-0.4, -0.2) is 14.8 Å². The minimum atomic E-state index is 0.280. The first kappa shape index (κ1) is 13.4. The fourth-order valence-electron chi connectivity index (χ4n) is 1.82. The molecule has 2 heterocycles. The van der Waals surface area contributed by atoms with Gasteiger partial charge in [-0.15, -0.1) is 11.6 Å². The molecule has 2 aromatic heterocycles. The van der Waals surface area contributed by atoms with E-state index in [2.05, 4.69) is 23.9 Å². The van der Waals surface area contributed by atoms with Gasteiger partial charge in [0.05, 0.1) is 11.6 Å². The van der Waals surface area contributed by atoms with Crippen molar-refractivity contribution >= 4 is 23.2 Å². The van der Waals surface area contributed by atoms with E-state index in [9.17, 15) is 0 Å².